The molecule has 2 fully saturated rings. The standard InChI is InChI=1S/C14H27N3O/c1-12-3-2-6-17(10-12)14(18)11-16-7-4-13(9-15)5-8-16/h12-13H,2-11,15H2,1H3. The van der Waals surface area contributed by atoms with E-state index in [4.69, 9.17) is 5.73 Å². The Hall–Kier alpha value is -0.610. The number of likely N-dealkylation sites (tertiary alicyclic amines) is 2. The number of carbonyl (C=O) groups excluding carboxylic acids is 1. The number of carbonyl (C=O) groups is 1. The SMILES string of the molecule is CC1CCCN(C(=O)CN2CCC(CN)CC2)C1. The minimum Gasteiger partial charge on any atom is -0.341 e. The van der Waals surface area contributed by atoms with Crippen LogP contribution in [0.5, 0.6) is 0 Å². The Morgan fingerprint density at radius 2 is 1.94 bits per heavy atom. The van der Waals surface area contributed by atoms with Crippen LogP contribution in [0.2, 0.25) is 0 Å². The van der Waals surface area contributed by atoms with Crippen LogP contribution in [0, 0.1) is 11.8 Å². The predicted molar refractivity (Wildman–Crippen MR) is 73.2 cm³/mol. The molecule has 2 aliphatic heterocycles. The van der Waals surface area contributed by atoms with Gasteiger partial charge in [0.05, 0.1) is 6.54 Å². The molecular weight excluding hydrogens is 226 g/mol. The van der Waals surface area contributed by atoms with Crippen molar-refractivity contribution in [2.75, 3.05) is 39.3 Å². The van der Waals surface area contributed by atoms with Gasteiger partial charge in [-0.15, -0.1) is 0 Å². The number of rotatable bonds is 3. The molecule has 2 aliphatic rings. The highest BCUT2D eigenvalue weighted by atomic mass is 16.2. The third kappa shape index (κ3) is 3.69. The lowest BCUT2D eigenvalue weighted by atomic mass is 9.97. The van der Waals surface area contributed by atoms with Crippen molar-refractivity contribution in [3.05, 3.63) is 0 Å². The molecule has 4 nitrogen and oxygen atoms in total. The van der Waals surface area contributed by atoms with Crippen LogP contribution in [0.3, 0.4) is 0 Å². The fraction of sp³-hybridized carbons (Fsp3) is 0.929. The molecule has 1 atom stereocenters. The van der Waals surface area contributed by atoms with Crippen LogP contribution in [0.15, 0.2) is 0 Å². The van der Waals surface area contributed by atoms with E-state index < -0.39 is 0 Å². The lowest BCUT2D eigenvalue weighted by Crippen LogP contribution is -2.46. The van der Waals surface area contributed by atoms with Gasteiger partial charge in [-0.1, -0.05) is 6.92 Å². The molecular formula is C14H27N3O. The van der Waals surface area contributed by atoms with Gasteiger partial charge in [0, 0.05) is 13.1 Å². The van der Waals surface area contributed by atoms with Gasteiger partial charge in [0.2, 0.25) is 5.91 Å². The van der Waals surface area contributed by atoms with Gasteiger partial charge in [-0.05, 0) is 57.2 Å². The summed E-state index contributed by atoms with van der Waals surface area (Å²) in [6, 6.07) is 0. The van der Waals surface area contributed by atoms with Gasteiger partial charge < -0.3 is 10.6 Å². The van der Waals surface area contributed by atoms with Crippen LogP contribution >= 0.6 is 0 Å². The van der Waals surface area contributed by atoms with Gasteiger partial charge in [0.25, 0.3) is 0 Å². The first kappa shape index (κ1) is 13.8. The quantitative estimate of drug-likeness (QED) is 0.813. The molecule has 1 unspecified atom stereocenters. The van der Waals surface area contributed by atoms with Crippen molar-refractivity contribution in [3.8, 4) is 0 Å². The van der Waals surface area contributed by atoms with E-state index >= 15 is 0 Å². The second-order valence-corrected chi connectivity index (χ2v) is 6.04. The molecule has 0 bridgehead atoms. The predicted octanol–water partition coefficient (Wildman–Crippen LogP) is 0.916. The maximum absolute atomic E-state index is 12.2. The molecule has 2 rings (SSSR count). The maximum Gasteiger partial charge on any atom is 0.236 e. The minimum atomic E-state index is 0.327. The first-order valence-electron chi connectivity index (χ1n) is 7.39. The van der Waals surface area contributed by atoms with E-state index in [0.717, 1.165) is 45.6 Å². The van der Waals surface area contributed by atoms with Crippen molar-refractivity contribution < 1.29 is 4.79 Å². The Kier molecular flexibility index (Phi) is 5.01. The summed E-state index contributed by atoms with van der Waals surface area (Å²) in [5.74, 6) is 1.67. The number of hydrogen-bond acceptors (Lipinski definition) is 3. The average molecular weight is 253 g/mol. The Morgan fingerprint density at radius 3 is 2.56 bits per heavy atom. The van der Waals surface area contributed by atoms with Crippen molar-refractivity contribution in [2.24, 2.45) is 17.6 Å². The molecule has 0 aliphatic carbocycles. The van der Waals surface area contributed by atoms with Crippen LogP contribution in [-0.2, 0) is 4.79 Å². The highest BCUT2D eigenvalue weighted by Gasteiger charge is 2.24. The Bertz CT molecular complexity index is 274. The minimum absolute atomic E-state index is 0.327. The van der Waals surface area contributed by atoms with E-state index in [1.165, 1.54) is 12.8 Å². The Morgan fingerprint density at radius 1 is 1.22 bits per heavy atom. The molecule has 0 aromatic rings. The van der Waals surface area contributed by atoms with Crippen molar-refractivity contribution in [1.82, 2.24) is 9.80 Å². The van der Waals surface area contributed by atoms with Gasteiger partial charge in [-0.3, -0.25) is 9.69 Å². The molecule has 4 heteroatoms. The van der Waals surface area contributed by atoms with Crippen molar-refractivity contribution in [2.45, 2.75) is 32.6 Å². The zero-order chi connectivity index (χ0) is 13.0. The smallest absolute Gasteiger partial charge is 0.236 e. The van der Waals surface area contributed by atoms with E-state index in [-0.39, 0.29) is 0 Å². The van der Waals surface area contributed by atoms with E-state index in [9.17, 15) is 4.79 Å². The molecule has 18 heavy (non-hydrogen) atoms. The van der Waals surface area contributed by atoms with Crippen molar-refractivity contribution in [1.29, 1.82) is 0 Å². The van der Waals surface area contributed by atoms with Crippen LogP contribution in [0.25, 0.3) is 0 Å². The second-order valence-electron chi connectivity index (χ2n) is 6.04. The van der Waals surface area contributed by atoms with Gasteiger partial charge in [-0.2, -0.15) is 0 Å². The van der Waals surface area contributed by atoms with Crippen molar-refractivity contribution >= 4 is 5.91 Å². The van der Waals surface area contributed by atoms with E-state index in [1.54, 1.807) is 0 Å². The van der Waals surface area contributed by atoms with Crippen molar-refractivity contribution in [3.63, 3.8) is 0 Å². The summed E-state index contributed by atoms with van der Waals surface area (Å²) >= 11 is 0. The number of hydrogen-bond donors (Lipinski definition) is 1. The molecule has 104 valence electrons. The van der Waals surface area contributed by atoms with Gasteiger partial charge >= 0.3 is 0 Å². The normalized spacial score (nSPS) is 27.4. The van der Waals surface area contributed by atoms with Crippen LogP contribution in [-0.4, -0.2) is 55.0 Å². The topological polar surface area (TPSA) is 49.6 Å². The highest BCUT2D eigenvalue weighted by Crippen LogP contribution is 2.18. The molecule has 2 N–H and O–H groups in total. The lowest BCUT2D eigenvalue weighted by molar-refractivity contribution is -0.134. The van der Waals surface area contributed by atoms with E-state index in [0.29, 0.717) is 24.3 Å². The number of nitrogens with zero attached hydrogens (tertiary/aromatic N) is 2. The number of piperidine rings is 2. The van der Waals surface area contributed by atoms with E-state index in [2.05, 4.69) is 16.7 Å². The summed E-state index contributed by atoms with van der Waals surface area (Å²) < 4.78 is 0. The highest BCUT2D eigenvalue weighted by molar-refractivity contribution is 5.78. The first-order chi connectivity index (χ1) is 8.69. The number of nitrogens with two attached hydrogens (primary N) is 1. The second kappa shape index (κ2) is 6.53. The maximum atomic E-state index is 12.2. The first-order valence-corrected chi connectivity index (χ1v) is 7.39. The third-order valence-electron chi connectivity index (χ3n) is 4.41. The molecule has 0 aromatic heterocycles. The van der Waals surface area contributed by atoms with Crippen LogP contribution < -0.4 is 5.73 Å². The molecule has 2 heterocycles. The van der Waals surface area contributed by atoms with Crippen LogP contribution in [0.4, 0.5) is 0 Å². The average Bonchev–Trinajstić information content (AvgIpc) is 2.39. The molecule has 1 amide bonds. The zero-order valence-electron chi connectivity index (χ0n) is 11.6. The molecule has 0 saturated carbocycles. The molecule has 0 aromatic carbocycles. The Balaban J connectivity index is 1.74. The lowest BCUT2D eigenvalue weighted by Gasteiger charge is -2.35. The molecule has 0 spiro atoms. The van der Waals surface area contributed by atoms with Gasteiger partial charge in [0.1, 0.15) is 0 Å². The summed E-state index contributed by atoms with van der Waals surface area (Å²) in [5, 5.41) is 0. The largest absolute Gasteiger partial charge is 0.341 e. The molecule has 2 saturated heterocycles. The summed E-state index contributed by atoms with van der Waals surface area (Å²) in [7, 11) is 0. The fourth-order valence-corrected chi connectivity index (χ4v) is 3.09. The van der Waals surface area contributed by atoms with Gasteiger partial charge in [-0.25, -0.2) is 0 Å². The van der Waals surface area contributed by atoms with Crippen LogP contribution in [0.1, 0.15) is 32.6 Å². The Labute approximate surface area is 110 Å². The molecule has 0 radical (unpaired) electrons. The third-order valence-corrected chi connectivity index (χ3v) is 4.41. The fourth-order valence-electron chi connectivity index (χ4n) is 3.09. The number of amides is 1. The summed E-state index contributed by atoms with van der Waals surface area (Å²) in [5.41, 5.74) is 5.69. The summed E-state index contributed by atoms with van der Waals surface area (Å²) in [6.45, 7) is 7.65. The van der Waals surface area contributed by atoms with E-state index in [1.807, 2.05) is 0 Å². The monoisotopic (exact) mass is 253 g/mol. The zero-order valence-corrected chi connectivity index (χ0v) is 11.6. The van der Waals surface area contributed by atoms with Gasteiger partial charge in [0.15, 0.2) is 0 Å². The summed E-state index contributed by atoms with van der Waals surface area (Å²) in [4.78, 5) is 16.6. The summed E-state index contributed by atoms with van der Waals surface area (Å²) in [6.07, 6.45) is 4.74.